The van der Waals surface area contributed by atoms with Gasteiger partial charge in [-0.25, -0.2) is 0 Å². The predicted octanol–water partition coefficient (Wildman–Crippen LogP) is 3.34. The Bertz CT molecular complexity index is 572. The largest absolute Gasteiger partial charge is 0.339 e. The van der Waals surface area contributed by atoms with Gasteiger partial charge in [0.2, 0.25) is 5.89 Å². The highest BCUT2D eigenvalue weighted by Gasteiger charge is 2.29. The van der Waals surface area contributed by atoms with Crippen molar-refractivity contribution < 1.29 is 4.52 Å². The van der Waals surface area contributed by atoms with Crippen LogP contribution in [0.5, 0.6) is 0 Å². The van der Waals surface area contributed by atoms with Crippen molar-refractivity contribution in [1.29, 1.82) is 0 Å². The first kappa shape index (κ1) is 13.9. The van der Waals surface area contributed by atoms with Gasteiger partial charge in [0.25, 0.3) is 0 Å². The van der Waals surface area contributed by atoms with Crippen LogP contribution < -0.4 is 5.32 Å². The van der Waals surface area contributed by atoms with Gasteiger partial charge in [-0.3, -0.25) is 0 Å². The molecule has 4 nitrogen and oxygen atoms in total. The van der Waals surface area contributed by atoms with Crippen LogP contribution in [-0.4, -0.2) is 23.2 Å². The van der Waals surface area contributed by atoms with Gasteiger partial charge in [0.05, 0.1) is 11.7 Å². The van der Waals surface area contributed by atoms with E-state index in [1.807, 2.05) is 24.3 Å². The van der Waals surface area contributed by atoms with Crippen molar-refractivity contribution in [2.24, 2.45) is 5.92 Å². The molecule has 1 fully saturated rings. The second kappa shape index (κ2) is 6.16. The Kier molecular flexibility index (Phi) is 4.29. The van der Waals surface area contributed by atoms with Gasteiger partial charge in [-0.2, -0.15) is 4.98 Å². The summed E-state index contributed by atoms with van der Waals surface area (Å²) in [5.41, 5.74) is 0. The summed E-state index contributed by atoms with van der Waals surface area (Å²) in [6.45, 7) is 4.14. The van der Waals surface area contributed by atoms with E-state index in [0.29, 0.717) is 17.6 Å². The second-order valence-electron chi connectivity index (χ2n) is 5.03. The van der Waals surface area contributed by atoms with Crippen LogP contribution in [-0.2, 0) is 5.75 Å². The first-order chi connectivity index (χ1) is 9.72. The van der Waals surface area contributed by atoms with Crippen LogP contribution >= 0.6 is 23.4 Å². The van der Waals surface area contributed by atoms with Gasteiger partial charge >= 0.3 is 0 Å². The molecule has 0 amide bonds. The Morgan fingerprint density at radius 3 is 2.85 bits per heavy atom. The third-order valence-corrected chi connectivity index (χ3v) is 4.76. The van der Waals surface area contributed by atoms with Gasteiger partial charge in [0.15, 0.2) is 5.82 Å². The van der Waals surface area contributed by atoms with Gasteiger partial charge in [-0.1, -0.05) is 23.7 Å². The van der Waals surface area contributed by atoms with Crippen molar-refractivity contribution >= 4 is 23.4 Å². The maximum Gasteiger partial charge on any atom is 0.231 e. The highest BCUT2D eigenvalue weighted by Crippen LogP contribution is 2.28. The van der Waals surface area contributed by atoms with Crippen molar-refractivity contribution in [3.63, 3.8) is 0 Å². The molecule has 3 rings (SSSR count). The Morgan fingerprint density at radius 1 is 1.35 bits per heavy atom. The number of hydrogen-bond acceptors (Lipinski definition) is 5. The summed E-state index contributed by atoms with van der Waals surface area (Å²) in [7, 11) is 0. The number of hydrogen-bond donors (Lipinski definition) is 1. The van der Waals surface area contributed by atoms with Gasteiger partial charge in [0, 0.05) is 16.5 Å². The average Bonchev–Trinajstić information content (AvgIpc) is 3.06. The summed E-state index contributed by atoms with van der Waals surface area (Å²) in [6, 6.07) is 7.77. The van der Waals surface area contributed by atoms with Crippen molar-refractivity contribution in [2.75, 3.05) is 13.1 Å². The van der Waals surface area contributed by atoms with Gasteiger partial charge in [-0.15, -0.1) is 11.8 Å². The Morgan fingerprint density at radius 2 is 2.15 bits per heavy atom. The number of rotatable bonds is 4. The highest BCUT2D eigenvalue weighted by atomic mass is 35.5. The summed E-state index contributed by atoms with van der Waals surface area (Å²) in [5, 5.41) is 8.16. The van der Waals surface area contributed by atoms with Crippen LogP contribution in [0.4, 0.5) is 0 Å². The minimum absolute atomic E-state index is 0.344. The Balaban J connectivity index is 1.61. The number of thioether (sulfide) groups is 1. The summed E-state index contributed by atoms with van der Waals surface area (Å²) in [6.07, 6.45) is 0. The molecule has 0 spiro atoms. The molecule has 2 unspecified atom stereocenters. The molecule has 0 radical (unpaired) electrons. The summed E-state index contributed by atoms with van der Waals surface area (Å²) in [5.74, 6) is 3.11. The molecule has 0 bridgehead atoms. The topological polar surface area (TPSA) is 51.0 Å². The molecule has 6 heteroatoms. The van der Waals surface area contributed by atoms with Crippen LogP contribution in [0.1, 0.15) is 24.6 Å². The Hall–Kier alpha value is -1.04. The van der Waals surface area contributed by atoms with Crippen LogP contribution in [0, 0.1) is 5.92 Å². The molecule has 20 heavy (non-hydrogen) atoms. The van der Waals surface area contributed by atoms with Gasteiger partial charge in [0.1, 0.15) is 0 Å². The van der Waals surface area contributed by atoms with Crippen LogP contribution in [0.2, 0.25) is 5.02 Å². The van der Waals surface area contributed by atoms with Crippen molar-refractivity contribution in [3.8, 4) is 0 Å². The van der Waals surface area contributed by atoms with E-state index in [2.05, 4.69) is 22.4 Å². The van der Waals surface area contributed by atoms with E-state index in [1.54, 1.807) is 11.8 Å². The monoisotopic (exact) mass is 309 g/mol. The molecule has 1 aromatic heterocycles. The minimum Gasteiger partial charge on any atom is -0.339 e. The Labute approximate surface area is 127 Å². The highest BCUT2D eigenvalue weighted by molar-refractivity contribution is 7.98. The third kappa shape index (κ3) is 3.16. The number of aromatic nitrogens is 2. The van der Waals surface area contributed by atoms with E-state index >= 15 is 0 Å². The van der Waals surface area contributed by atoms with E-state index in [0.717, 1.165) is 34.7 Å². The van der Waals surface area contributed by atoms with Crippen molar-refractivity contribution in [3.05, 3.63) is 41.0 Å². The summed E-state index contributed by atoms with van der Waals surface area (Å²) in [4.78, 5) is 5.66. The fourth-order valence-electron chi connectivity index (χ4n) is 2.30. The van der Waals surface area contributed by atoms with Crippen LogP contribution in [0.25, 0.3) is 0 Å². The van der Waals surface area contributed by atoms with Gasteiger partial charge < -0.3 is 9.84 Å². The van der Waals surface area contributed by atoms with E-state index in [1.165, 1.54) is 0 Å². The maximum absolute atomic E-state index is 5.86. The molecule has 1 aliphatic rings. The zero-order valence-electron chi connectivity index (χ0n) is 11.2. The molecule has 106 valence electrons. The number of nitrogens with one attached hydrogen (secondary N) is 1. The molecule has 1 aliphatic heterocycles. The molecule has 0 aliphatic carbocycles. The first-order valence-corrected chi connectivity index (χ1v) is 8.00. The molecule has 1 aromatic carbocycles. The van der Waals surface area contributed by atoms with E-state index in [-0.39, 0.29) is 0 Å². The average molecular weight is 310 g/mol. The number of nitrogens with zero attached hydrogens (tertiary/aromatic N) is 2. The lowest BCUT2D eigenvalue weighted by Gasteiger charge is -2.07. The first-order valence-electron chi connectivity index (χ1n) is 6.64. The van der Waals surface area contributed by atoms with Crippen molar-refractivity contribution in [2.45, 2.75) is 23.5 Å². The van der Waals surface area contributed by atoms with Crippen LogP contribution in [0.3, 0.4) is 0 Å². The molecule has 0 saturated carbocycles. The predicted molar refractivity (Wildman–Crippen MR) is 80.1 cm³/mol. The summed E-state index contributed by atoms with van der Waals surface area (Å²) < 4.78 is 5.39. The SMILES string of the molecule is CC1CNCC1c1nc(CSc2ccc(Cl)cc2)no1. The lowest BCUT2D eigenvalue weighted by molar-refractivity contribution is 0.337. The molecule has 2 heterocycles. The quantitative estimate of drug-likeness (QED) is 0.878. The minimum atomic E-state index is 0.344. The summed E-state index contributed by atoms with van der Waals surface area (Å²) >= 11 is 7.54. The zero-order valence-corrected chi connectivity index (χ0v) is 12.7. The smallest absolute Gasteiger partial charge is 0.231 e. The van der Waals surface area contributed by atoms with Crippen molar-refractivity contribution in [1.82, 2.24) is 15.5 Å². The molecule has 1 saturated heterocycles. The van der Waals surface area contributed by atoms with E-state index < -0.39 is 0 Å². The molecular weight excluding hydrogens is 294 g/mol. The zero-order chi connectivity index (χ0) is 13.9. The fourth-order valence-corrected chi connectivity index (χ4v) is 3.16. The van der Waals surface area contributed by atoms with Crippen LogP contribution in [0.15, 0.2) is 33.7 Å². The maximum atomic E-state index is 5.86. The van der Waals surface area contributed by atoms with E-state index in [4.69, 9.17) is 16.1 Å². The van der Waals surface area contributed by atoms with Gasteiger partial charge in [-0.05, 0) is 36.7 Å². The molecule has 1 N–H and O–H groups in total. The number of benzene rings is 1. The third-order valence-electron chi connectivity index (χ3n) is 3.50. The standard InChI is InChI=1S/C14H16ClN3OS/c1-9-6-16-7-12(9)14-17-13(18-19-14)8-20-11-4-2-10(15)3-5-11/h2-5,9,12,16H,6-8H2,1H3. The number of halogens is 1. The lowest BCUT2D eigenvalue weighted by Crippen LogP contribution is -2.08. The second-order valence-corrected chi connectivity index (χ2v) is 6.52. The molecular formula is C14H16ClN3OS. The van der Waals surface area contributed by atoms with E-state index in [9.17, 15) is 0 Å². The molecule has 2 atom stereocenters. The normalized spacial score (nSPS) is 22.3. The molecule has 2 aromatic rings. The fraction of sp³-hybridized carbons (Fsp3) is 0.429. The lowest BCUT2D eigenvalue weighted by atomic mass is 9.98.